The van der Waals surface area contributed by atoms with Crippen LogP contribution < -0.4 is 9.47 Å². The fraction of sp³-hybridized carbons (Fsp3) is 0.278. The van der Waals surface area contributed by atoms with Gasteiger partial charge in [-0.1, -0.05) is 71.3 Å². The Morgan fingerprint density at radius 1 is 0.884 bits per heavy atom. The van der Waals surface area contributed by atoms with E-state index < -0.39 is 0 Å². The summed E-state index contributed by atoms with van der Waals surface area (Å²) in [7, 11) is 0. The predicted octanol–water partition coefficient (Wildman–Crippen LogP) is 7.78. The zero-order valence-electron chi connectivity index (χ0n) is 25.3. The van der Waals surface area contributed by atoms with Gasteiger partial charge in [0.15, 0.2) is 5.75 Å². The first-order valence-corrected chi connectivity index (χ1v) is 15.0. The Bertz CT molecular complexity index is 1550. The zero-order chi connectivity index (χ0) is 30.3. The molecule has 7 heteroatoms. The molecule has 0 bridgehead atoms. The van der Waals surface area contributed by atoms with Gasteiger partial charge in [0, 0.05) is 49.9 Å². The number of hydrogen-bond acceptors (Lipinski definition) is 6. The van der Waals surface area contributed by atoms with Gasteiger partial charge in [-0.05, 0) is 62.6 Å². The van der Waals surface area contributed by atoms with Crippen molar-refractivity contribution in [3.63, 3.8) is 0 Å². The summed E-state index contributed by atoms with van der Waals surface area (Å²) in [6.45, 7) is 12.8. The lowest BCUT2D eigenvalue weighted by Crippen LogP contribution is -2.45. The fourth-order valence-electron chi connectivity index (χ4n) is 5.26. The van der Waals surface area contributed by atoms with Crippen LogP contribution in [0.15, 0.2) is 84.6 Å². The molecule has 0 N–H and O–H groups in total. The van der Waals surface area contributed by atoms with Gasteiger partial charge in [-0.2, -0.15) is 0 Å². The molecule has 1 saturated heterocycles. The molecule has 1 aliphatic rings. The summed E-state index contributed by atoms with van der Waals surface area (Å²) in [5, 5.41) is 0.464. The van der Waals surface area contributed by atoms with Gasteiger partial charge in [-0.3, -0.25) is 9.69 Å². The Labute approximate surface area is 259 Å². The van der Waals surface area contributed by atoms with Gasteiger partial charge in [0.05, 0.1) is 16.9 Å². The van der Waals surface area contributed by atoms with E-state index in [2.05, 4.69) is 77.2 Å². The number of carbonyl (C=O) groups excluding carboxylic acids is 1. The van der Waals surface area contributed by atoms with Crippen molar-refractivity contribution in [3.8, 4) is 17.4 Å². The average Bonchev–Trinajstić information content (AvgIpc) is 3.01. The fourth-order valence-corrected chi connectivity index (χ4v) is 5.57. The van der Waals surface area contributed by atoms with Crippen molar-refractivity contribution in [1.82, 2.24) is 14.8 Å². The van der Waals surface area contributed by atoms with E-state index in [-0.39, 0.29) is 0 Å². The molecule has 2 heterocycles. The van der Waals surface area contributed by atoms with Crippen LogP contribution >= 0.6 is 11.6 Å². The molecule has 0 amide bonds. The van der Waals surface area contributed by atoms with Crippen LogP contribution in [0.4, 0.5) is 0 Å². The quantitative estimate of drug-likeness (QED) is 0.138. The number of allylic oxidation sites excluding steroid dienone is 1. The number of rotatable bonds is 10. The second kappa shape index (κ2) is 13.9. The van der Waals surface area contributed by atoms with Gasteiger partial charge in [0.25, 0.3) is 0 Å². The highest BCUT2D eigenvalue weighted by Crippen LogP contribution is 2.37. The van der Waals surface area contributed by atoms with E-state index in [1.54, 1.807) is 12.3 Å². The van der Waals surface area contributed by atoms with Gasteiger partial charge in [-0.25, -0.2) is 4.98 Å². The van der Waals surface area contributed by atoms with Crippen molar-refractivity contribution in [2.24, 2.45) is 0 Å². The number of nitrogens with zero attached hydrogens (tertiary/aromatic N) is 3. The molecule has 0 spiro atoms. The van der Waals surface area contributed by atoms with Crippen LogP contribution in [0.3, 0.4) is 0 Å². The molecule has 3 aromatic carbocycles. The summed E-state index contributed by atoms with van der Waals surface area (Å²) in [6.07, 6.45) is 2.57. The maximum Gasteiger partial charge on any atom is 0.219 e. The Hall–Kier alpha value is -4.13. The van der Waals surface area contributed by atoms with E-state index in [0.717, 1.165) is 61.4 Å². The molecule has 43 heavy (non-hydrogen) atoms. The number of ether oxygens (including phenoxy) is 2. The number of carbonyl (C=O) groups is 1. The topological polar surface area (TPSA) is 54.9 Å². The molecular weight excluding hydrogens is 558 g/mol. The van der Waals surface area contributed by atoms with Crippen LogP contribution in [0, 0.1) is 20.8 Å². The van der Waals surface area contributed by atoms with Crippen LogP contribution in [0.1, 0.15) is 40.3 Å². The second-order valence-corrected chi connectivity index (χ2v) is 11.6. The maximum absolute atomic E-state index is 12.0. The van der Waals surface area contributed by atoms with Crippen molar-refractivity contribution in [3.05, 3.63) is 123 Å². The third kappa shape index (κ3) is 7.83. The Morgan fingerprint density at radius 2 is 1.53 bits per heavy atom. The third-order valence-corrected chi connectivity index (χ3v) is 7.99. The van der Waals surface area contributed by atoms with Gasteiger partial charge >= 0.3 is 0 Å². The molecular formula is C36H38ClN3O3. The van der Waals surface area contributed by atoms with Crippen molar-refractivity contribution in [2.75, 3.05) is 26.2 Å². The summed E-state index contributed by atoms with van der Waals surface area (Å²) >= 11 is 6.78. The van der Waals surface area contributed by atoms with Crippen molar-refractivity contribution < 1.29 is 14.3 Å². The van der Waals surface area contributed by atoms with E-state index in [4.69, 9.17) is 21.1 Å². The monoisotopic (exact) mass is 595 g/mol. The highest BCUT2D eigenvalue weighted by Gasteiger charge is 2.23. The number of pyridine rings is 1. The maximum atomic E-state index is 12.0. The van der Waals surface area contributed by atoms with Gasteiger partial charge in [-0.15, -0.1) is 0 Å². The zero-order valence-corrected chi connectivity index (χ0v) is 26.0. The van der Waals surface area contributed by atoms with E-state index in [1.807, 2.05) is 32.0 Å². The van der Waals surface area contributed by atoms with Crippen LogP contribution in [0.5, 0.6) is 17.4 Å². The number of halogens is 1. The number of aldehydes is 1. The van der Waals surface area contributed by atoms with Gasteiger partial charge < -0.3 is 14.4 Å². The lowest BCUT2D eigenvalue weighted by Gasteiger charge is -2.38. The summed E-state index contributed by atoms with van der Waals surface area (Å²) in [5.74, 6) is 1.62. The Balaban J connectivity index is 1.24. The molecule has 1 aromatic heterocycles. The summed E-state index contributed by atoms with van der Waals surface area (Å²) in [5.41, 5.74) is 8.25. The molecule has 4 aromatic rings. The van der Waals surface area contributed by atoms with Crippen molar-refractivity contribution in [1.29, 1.82) is 0 Å². The number of piperazine rings is 1. The molecule has 1 aliphatic heterocycles. The lowest BCUT2D eigenvalue weighted by molar-refractivity contribution is -0.104. The highest BCUT2D eigenvalue weighted by molar-refractivity contribution is 6.32. The molecule has 0 radical (unpaired) electrons. The minimum Gasteiger partial charge on any atom is -0.487 e. The number of benzene rings is 3. The normalized spacial score (nSPS) is 14.3. The number of aromatic nitrogens is 1. The summed E-state index contributed by atoms with van der Waals surface area (Å²) in [6, 6.07) is 24.5. The second-order valence-electron chi connectivity index (χ2n) is 11.2. The largest absolute Gasteiger partial charge is 0.487 e. The number of hydrogen-bond donors (Lipinski definition) is 0. The summed E-state index contributed by atoms with van der Waals surface area (Å²) < 4.78 is 12.0. The van der Waals surface area contributed by atoms with Crippen LogP contribution in [-0.4, -0.2) is 47.2 Å². The smallest absolute Gasteiger partial charge is 0.219 e. The SMILES string of the molecule is C/C(C=O)=C(/c1cc(C)c(Oc2ccc(OCc3ccc(C)cc3)cn2)c(Cl)c1)N1CCN(Cc2ccc(C)cc2)CC1. The first-order chi connectivity index (χ1) is 20.8. The highest BCUT2D eigenvalue weighted by atomic mass is 35.5. The first-order valence-electron chi connectivity index (χ1n) is 14.6. The van der Waals surface area contributed by atoms with E-state index in [1.165, 1.54) is 16.7 Å². The van der Waals surface area contributed by atoms with E-state index >= 15 is 0 Å². The van der Waals surface area contributed by atoms with Crippen molar-refractivity contribution >= 4 is 23.6 Å². The minimum atomic E-state index is 0.421. The van der Waals surface area contributed by atoms with Crippen LogP contribution in [0.2, 0.25) is 5.02 Å². The van der Waals surface area contributed by atoms with Gasteiger partial charge in [0.1, 0.15) is 18.6 Å². The molecule has 5 rings (SSSR count). The average molecular weight is 596 g/mol. The minimum absolute atomic E-state index is 0.421. The number of aryl methyl sites for hydroxylation is 3. The van der Waals surface area contributed by atoms with Crippen LogP contribution in [-0.2, 0) is 17.9 Å². The summed E-state index contributed by atoms with van der Waals surface area (Å²) in [4.78, 5) is 21.1. The predicted molar refractivity (Wildman–Crippen MR) is 173 cm³/mol. The molecule has 222 valence electrons. The molecule has 0 unspecified atom stereocenters. The molecule has 1 fully saturated rings. The van der Waals surface area contributed by atoms with Gasteiger partial charge in [0.2, 0.25) is 5.88 Å². The standard InChI is InChI=1S/C36H38ClN3O3/c1-25-5-9-29(10-6-25)22-39-15-17-40(18-16-39)35(28(4)23-41)31-19-27(3)36(33(37)20-31)43-34-14-13-32(21-38-34)42-24-30-11-7-26(2)8-12-30/h5-14,19-21,23H,15-18,22,24H2,1-4H3/b35-28+. The third-order valence-electron chi connectivity index (χ3n) is 7.71. The molecule has 6 nitrogen and oxygen atoms in total. The lowest BCUT2D eigenvalue weighted by atomic mass is 10.0. The molecule has 0 saturated carbocycles. The first kappa shape index (κ1) is 30.3. The Kier molecular flexibility index (Phi) is 9.80. The Morgan fingerprint density at radius 3 is 2.12 bits per heavy atom. The van der Waals surface area contributed by atoms with E-state index in [0.29, 0.717) is 34.6 Å². The van der Waals surface area contributed by atoms with Crippen LogP contribution in [0.25, 0.3) is 5.70 Å². The molecule has 0 aliphatic carbocycles. The van der Waals surface area contributed by atoms with Crippen molar-refractivity contribution in [2.45, 2.75) is 40.8 Å². The molecule has 0 atom stereocenters. The van der Waals surface area contributed by atoms with E-state index in [9.17, 15) is 4.79 Å².